The molecule has 2 aromatic rings. The molecule has 1 aromatic carbocycles. The van der Waals surface area contributed by atoms with E-state index in [2.05, 4.69) is 50.1 Å². The number of aryl methyl sites for hydroxylation is 3. The van der Waals surface area contributed by atoms with E-state index in [1.807, 2.05) is 27.0 Å². The van der Waals surface area contributed by atoms with Crippen molar-refractivity contribution in [1.82, 2.24) is 15.1 Å². The number of benzene rings is 1. The Balaban J connectivity index is 2.33. The van der Waals surface area contributed by atoms with E-state index in [9.17, 15) is 0 Å². The van der Waals surface area contributed by atoms with Gasteiger partial charge in [-0.15, -0.1) is 0 Å². The van der Waals surface area contributed by atoms with Crippen molar-refractivity contribution in [3.63, 3.8) is 0 Å². The minimum Gasteiger partial charge on any atom is -0.313 e. The average Bonchev–Trinajstić information content (AvgIpc) is 2.75. The molecule has 1 atom stereocenters. The fraction of sp³-hybridized carbons (Fsp3) is 0.438. The molecular weight excluding hydrogens is 350 g/mol. The SMILES string of the molecule is CCn1nc(C)c(Br)c1CC(NC)c1ccc(Cl)c(C)c1. The van der Waals surface area contributed by atoms with Gasteiger partial charge in [-0.1, -0.05) is 23.7 Å². The molecule has 0 saturated heterocycles. The fourth-order valence-electron chi connectivity index (χ4n) is 2.53. The molecule has 0 amide bonds. The van der Waals surface area contributed by atoms with Crippen LogP contribution < -0.4 is 5.32 Å². The summed E-state index contributed by atoms with van der Waals surface area (Å²) in [6, 6.07) is 6.44. The van der Waals surface area contributed by atoms with Gasteiger partial charge in [0.2, 0.25) is 0 Å². The summed E-state index contributed by atoms with van der Waals surface area (Å²) in [5.41, 5.74) is 4.61. The summed E-state index contributed by atoms with van der Waals surface area (Å²) in [7, 11) is 1.99. The second kappa shape index (κ2) is 6.95. The van der Waals surface area contributed by atoms with Gasteiger partial charge in [-0.05, 0) is 60.9 Å². The smallest absolute Gasteiger partial charge is 0.0738 e. The molecule has 0 aliphatic rings. The van der Waals surface area contributed by atoms with Gasteiger partial charge in [0.15, 0.2) is 0 Å². The topological polar surface area (TPSA) is 29.9 Å². The first kappa shape index (κ1) is 16.5. The molecule has 0 saturated carbocycles. The van der Waals surface area contributed by atoms with Crippen LogP contribution >= 0.6 is 27.5 Å². The van der Waals surface area contributed by atoms with Crippen molar-refractivity contribution in [2.75, 3.05) is 7.05 Å². The van der Waals surface area contributed by atoms with Crippen LogP contribution in [0.25, 0.3) is 0 Å². The zero-order valence-electron chi connectivity index (χ0n) is 12.9. The van der Waals surface area contributed by atoms with Crippen LogP contribution in [0.3, 0.4) is 0 Å². The van der Waals surface area contributed by atoms with Gasteiger partial charge in [-0.2, -0.15) is 5.10 Å². The van der Waals surface area contributed by atoms with Gasteiger partial charge in [-0.3, -0.25) is 4.68 Å². The van der Waals surface area contributed by atoms with Crippen molar-refractivity contribution in [3.05, 3.63) is 50.2 Å². The predicted molar refractivity (Wildman–Crippen MR) is 92.0 cm³/mol. The maximum atomic E-state index is 6.12. The first-order valence-electron chi connectivity index (χ1n) is 7.13. The summed E-state index contributed by atoms with van der Waals surface area (Å²) in [6.07, 6.45) is 0.882. The van der Waals surface area contributed by atoms with E-state index in [1.54, 1.807) is 0 Å². The summed E-state index contributed by atoms with van der Waals surface area (Å²) in [4.78, 5) is 0. The first-order chi connectivity index (χ1) is 9.97. The third-order valence-corrected chi connectivity index (χ3v) is 5.24. The van der Waals surface area contributed by atoms with Crippen LogP contribution in [0.1, 0.15) is 35.5 Å². The maximum absolute atomic E-state index is 6.12. The summed E-state index contributed by atoms with van der Waals surface area (Å²) in [5, 5.41) is 8.77. The maximum Gasteiger partial charge on any atom is 0.0738 e. The van der Waals surface area contributed by atoms with Crippen LogP contribution in [-0.4, -0.2) is 16.8 Å². The molecule has 1 N–H and O–H groups in total. The first-order valence-corrected chi connectivity index (χ1v) is 8.30. The van der Waals surface area contributed by atoms with Gasteiger partial charge in [0, 0.05) is 24.0 Å². The Kier molecular flexibility index (Phi) is 5.47. The number of halogens is 2. The van der Waals surface area contributed by atoms with Crippen LogP contribution in [0.4, 0.5) is 0 Å². The number of nitrogens with one attached hydrogen (secondary N) is 1. The number of hydrogen-bond acceptors (Lipinski definition) is 2. The van der Waals surface area contributed by atoms with E-state index < -0.39 is 0 Å². The third-order valence-electron chi connectivity index (χ3n) is 3.78. The lowest BCUT2D eigenvalue weighted by Crippen LogP contribution is -2.21. The van der Waals surface area contributed by atoms with Crippen LogP contribution in [0, 0.1) is 13.8 Å². The molecule has 0 spiro atoms. The molecule has 0 fully saturated rings. The minimum atomic E-state index is 0.235. The van der Waals surface area contributed by atoms with Crippen molar-refractivity contribution < 1.29 is 0 Å². The van der Waals surface area contributed by atoms with Crippen molar-refractivity contribution in [2.24, 2.45) is 0 Å². The predicted octanol–water partition coefficient (Wildman–Crippen LogP) is 4.44. The van der Waals surface area contributed by atoms with Gasteiger partial charge in [0.25, 0.3) is 0 Å². The molecule has 0 radical (unpaired) electrons. The lowest BCUT2D eigenvalue weighted by atomic mass is 10.00. The molecule has 21 heavy (non-hydrogen) atoms. The summed E-state index contributed by atoms with van der Waals surface area (Å²) in [6.45, 7) is 7.05. The average molecular weight is 371 g/mol. The van der Waals surface area contributed by atoms with Gasteiger partial charge < -0.3 is 5.32 Å². The number of rotatable bonds is 5. The lowest BCUT2D eigenvalue weighted by Gasteiger charge is -2.18. The highest BCUT2D eigenvalue weighted by molar-refractivity contribution is 9.10. The Labute approximate surface area is 139 Å². The second-order valence-corrected chi connectivity index (χ2v) is 6.42. The Morgan fingerprint density at radius 3 is 2.67 bits per heavy atom. The molecule has 2 rings (SSSR count). The molecule has 5 heteroatoms. The van der Waals surface area contributed by atoms with Gasteiger partial charge in [0.05, 0.1) is 15.9 Å². The Hall–Kier alpha value is -0.840. The van der Waals surface area contributed by atoms with E-state index >= 15 is 0 Å². The Morgan fingerprint density at radius 1 is 1.38 bits per heavy atom. The van der Waals surface area contributed by atoms with Crippen LogP contribution in [0.15, 0.2) is 22.7 Å². The summed E-state index contributed by atoms with van der Waals surface area (Å²) < 4.78 is 3.17. The van der Waals surface area contributed by atoms with Crippen LogP contribution in [0.2, 0.25) is 5.02 Å². The fourth-order valence-corrected chi connectivity index (χ4v) is 3.09. The largest absolute Gasteiger partial charge is 0.313 e. The van der Waals surface area contributed by atoms with E-state index in [0.717, 1.165) is 33.7 Å². The highest BCUT2D eigenvalue weighted by atomic mass is 79.9. The van der Waals surface area contributed by atoms with E-state index in [-0.39, 0.29) is 6.04 Å². The minimum absolute atomic E-state index is 0.235. The number of hydrogen-bond donors (Lipinski definition) is 1. The lowest BCUT2D eigenvalue weighted by molar-refractivity contribution is 0.540. The Bertz CT molecular complexity index is 637. The second-order valence-electron chi connectivity index (χ2n) is 5.22. The number of nitrogens with zero attached hydrogens (tertiary/aromatic N) is 2. The van der Waals surface area contributed by atoms with E-state index in [1.165, 1.54) is 11.3 Å². The van der Waals surface area contributed by atoms with Crippen LogP contribution in [-0.2, 0) is 13.0 Å². The Morgan fingerprint density at radius 2 is 2.10 bits per heavy atom. The van der Waals surface area contributed by atoms with E-state index in [0.29, 0.717) is 0 Å². The van der Waals surface area contributed by atoms with Gasteiger partial charge >= 0.3 is 0 Å². The van der Waals surface area contributed by atoms with Gasteiger partial charge in [-0.25, -0.2) is 0 Å². The summed E-state index contributed by atoms with van der Waals surface area (Å²) >= 11 is 9.79. The van der Waals surface area contributed by atoms with E-state index in [4.69, 9.17) is 11.6 Å². The zero-order chi connectivity index (χ0) is 15.6. The molecule has 3 nitrogen and oxygen atoms in total. The van der Waals surface area contributed by atoms with Crippen molar-refractivity contribution in [2.45, 2.75) is 39.8 Å². The monoisotopic (exact) mass is 369 g/mol. The van der Waals surface area contributed by atoms with Crippen molar-refractivity contribution in [3.8, 4) is 0 Å². The molecule has 1 heterocycles. The zero-order valence-corrected chi connectivity index (χ0v) is 15.2. The normalized spacial score (nSPS) is 12.7. The number of aromatic nitrogens is 2. The summed E-state index contributed by atoms with van der Waals surface area (Å²) in [5.74, 6) is 0. The molecule has 0 aliphatic heterocycles. The van der Waals surface area contributed by atoms with Crippen molar-refractivity contribution >= 4 is 27.5 Å². The van der Waals surface area contributed by atoms with Crippen LogP contribution in [0.5, 0.6) is 0 Å². The standard InChI is InChI=1S/C16H21BrClN3/c1-5-21-15(16(17)11(3)20-21)9-14(19-4)12-6-7-13(18)10(2)8-12/h6-8,14,19H,5,9H2,1-4H3. The third kappa shape index (κ3) is 3.50. The molecule has 114 valence electrons. The molecule has 1 unspecified atom stereocenters. The van der Waals surface area contributed by atoms with Crippen molar-refractivity contribution in [1.29, 1.82) is 0 Å². The molecule has 0 bridgehead atoms. The quantitative estimate of drug-likeness (QED) is 0.843. The number of likely N-dealkylation sites (N-methyl/N-ethyl adjacent to an activating group) is 1. The molecule has 1 aromatic heterocycles. The highest BCUT2D eigenvalue weighted by Crippen LogP contribution is 2.28. The molecular formula is C16H21BrClN3. The van der Waals surface area contributed by atoms with Gasteiger partial charge in [0.1, 0.15) is 0 Å². The molecule has 0 aliphatic carbocycles. The highest BCUT2D eigenvalue weighted by Gasteiger charge is 2.18.